The summed E-state index contributed by atoms with van der Waals surface area (Å²) in [7, 11) is 1.52. The highest BCUT2D eigenvalue weighted by molar-refractivity contribution is 14.1. The van der Waals surface area contributed by atoms with Crippen LogP contribution in [0.1, 0.15) is 17.0 Å². The summed E-state index contributed by atoms with van der Waals surface area (Å²) in [5, 5.41) is 20.4. The summed E-state index contributed by atoms with van der Waals surface area (Å²) in [5.41, 5.74) is -0.377. The van der Waals surface area contributed by atoms with Crippen LogP contribution in [0.2, 0.25) is 0 Å². The quantitative estimate of drug-likeness (QED) is 0.232. The number of nitrogens with one attached hydrogen (secondary N) is 1. The number of hydrogen-bond acceptors (Lipinski definition) is 7. The molecule has 0 unspecified atom stereocenters. The molecule has 0 spiro atoms. The minimum Gasteiger partial charge on any atom is -0.493 e. The van der Waals surface area contributed by atoms with Crippen molar-refractivity contribution in [2.75, 3.05) is 7.11 Å². The second kappa shape index (κ2) is 9.92. The van der Waals surface area contributed by atoms with Gasteiger partial charge in [-0.15, -0.1) is 0 Å². The lowest BCUT2D eigenvalue weighted by Gasteiger charge is -2.13. The van der Waals surface area contributed by atoms with Crippen LogP contribution in [0.5, 0.6) is 17.4 Å². The van der Waals surface area contributed by atoms with E-state index < -0.39 is 22.0 Å². The first kappa shape index (κ1) is 22.7. The third-order valence-corrected chi connectivity index (χ3v) is 5.49. The topological polar surface area (TPSA) is 128 Å². The maximum Gasteiger partial charge on any atom is 0.395 e. The van der Waals surface area contributed by atoms with Gasteiger partial charge < -0.3 is 19.6 Å². The number of aromatic amines is 1. The van der Waals surface area contributed by atoms with Crippen LogP contribution >= 0.6 is 38.5 Å². The fourth-order valence-electron chi connectivity index (χ4n) is 2.58. The second-order valence-corrected chi connectivity index (χ2v) is 8.25. The lowest BCUT2D eigenvalue weighted by molar-refractivity contribution is -0.387. The molecule has 0 aliphatic carbocycles. The molecule has 0 bridgehead atoms. The molecule has 0 radical (unpaired) electrons. The zero-order valence-corrected chi connectivity index (χ0v) is 19.7. The number of H-pyrrole nitrogens is 1. The van der Waals surface area contributed by atoms with Crippen molar-refractivity contribution in [2.24, 2.45) is 0 Å². The van der Waals surface area contributed by atoms with Crippen LogP contribution in [-0.2, 0) is 6.61 Å². The van der Waals surface area contributed by atoms with E-state index in [1.165, 1.54) is 13.2 Å². The zero-order valence-electron chi connectivity index (χ0n) is 16.0. The molecular weight excluding hydrogens is 585 g/mol. The van der Waals surface area contributed by atoms with E-state index in [-0.39, 0.29) is 5.82 Å². The van der Waals surface area contributed by atoms with E-state index in [4.69, 9.17) is 9.47 Å². The molecule has 0 atom stereocenters. The van der Waals surface area contributed by atoms with Crippen LogP contribution in [0, 0.1) is 13.7 Å². The van der Waals surface area contributed by atoms with Gasteiger partial charge in [-0.05, 0) is 64.1 Å². The van der Waals surface area contributed by atoms with E-state index >= 15 is 0 Å². The number of rotatable bonds is 7. The van der Waals surface area contributed by atoms with Crippen molar-refractivity contribution in [1.82, 2.24) is 9.97 Å². The molecule has 0 saturated heterocycles. The van der Waals surface area contributed by atoms with Crippen LogP contribution in [0.25, 0.3) is 12.2 Å². The first-order valence-corrected chi connectivity index (χ1v) is 10.6. The van der Waals surface area contributed by atoms with Gasteiger partial charge in [0.2, 0.25) is 0 Å². The lowest BCUT2D eigenvalue weighted by atomic mass is 10.2. The van der Waals surface area contributed by atoms with E-state index in [1.54, 1.807) is 18.2 Å². The molecule has 160 valence electrons. The first-order chi connectivity index (χ1) is 14.8. The number of nitrogens with zero attached hydrogens (tertiary/aromatic N) is 2. The number of aromatic hydroxyl groups is 1. The summed E-state index contributed by atoms with van der Waals surface area (Å²) in [5.74, 6) is 0.0216. The number of ether oxygens (including phenoxy) is 2. The summed E-state index contributed by atoms with van der Waals surface area (Å²) in [6, 6.07) is 11.4. The van der Waals surface area contributed by atoms with Gasteiger partial charge in [-0.3, -0.25) is 14.9 Å². The minimum atomic E-state index is -1.05. The van der Waals surface area contributed by atoms with Gasteiger partial charge in [0, 0.05) is 8.04 Å². The minimum absolute atomic E-state index is 0.0435. The Morgan fingerprint density at radius 1 is 1.26 bits per heavy atom. The largest absolute Gasteiger partial charge is 0.493 e. The molecule has 3 aromatic rings. The Kier molecular flexibility index (Phi) is 7.28. The lowest BCUT2D eigenvalue weighted by Crippen LogP contribution is -2.14. The molecule has 2 aromatic carbocycles. The molecule has 9 nitrogen and oxygen atoms in total. The molecule has 3 rings (SSSR count). The summed E-state index contributed by atoms with van der Waals surface area (Å²) in [6.07, 6.45) is 3.00. The predicted molar refractivity (Wildman–Crippen MR) is 126 cm³/mol. The van der Waals surface area contributed by atoms with Crippen molar-refractivity contribution in [2.45, 2.75) is 6.61 Å². The molecule has 1 aromatic heterocycles. The van der Waals surface area contributed by atoms with Crippen molar-refractivity contribution in [3.8, 4) is 17.4 Å². The van der Waals surface area contributed by atoms with E-state index in [2.05, 4.69) is 48.5 Å². The molecule has 1 heterocycles. The van der Waals surface area contributed by atoms with E-state index in [1.807, 2.05) is 24.3 Å². The normalized spacial score (nSPS) is 10.9. The average Bonchev–Trinajstić information content (AvgIpc) is 2.71. The number of halogens is 2. The summed E-state index contributed by atoms with van der Waals surface area (Å²) in [6.45, 7) is 0.363. The van der Waals surface area contributed by atoms with E-state index in [0.29, 0.717) is 28.1 Å². The fraction of sp³-hybridized carbons (Fsp3) is 0.100. The standard InChI is InChI=1S/C20H15BrIN3O6/c1-30-15-8-12(4-7-17-23-19(26)18(25(28)29)20(27)24-17)14(21)9-16(15)31-10-11-2-5-13(22)6-3-11/h2-9H,10H2,1H3,(H2,23,24,26,27)/b7-4+. The number of benzene rings is 2. The maximum absolute atomic E-state index is 11.8. The predicted octanol–water partition coefficient (Wildman–Crippen LogP) is 4.51. The third-order valence-electron chi connectivity index (χ3n) is 4.09. The van der Waals surface area contributed by atoms with Crippen LogP contribution in [0.3, 0.4) is 0 Å². The molecular formula is C20H15BrIN3O6. The Morgan fingerprint density at radius 2 is 1.97 bits per heavy atom. The summed E-state index contributed by atoms with van der Waals surface area (Å²) in [4.78, 5) is 27.4. The number of nitro groups is 1. The zero-order chi connectivity index (χ0) is 22.5. The van der Waals surface area contributed by atoms with Crippen LogP contribution < -0.4 is 15.0 Å². The molecule has 0 fully saturated rings. The van der Waals surface area contributed by atoms with E-state index in [0.717, 1.165) is 9.13 Å². The maximum atomic E-state index is 11.8. The Hall–Kier alpha value is -2.93. The van der Waals surface area contributed by atoms with Crippen molar-refractivity contribution >= 4 is 56.4 Å². The molecule has 0 amide bonds. The van der Waals surface area contributed by atoms with Gasteiger partial charge in [-0.1, -0.05) is 34.1 Å². The Morgan fingerprint density at radius 3 is 2.58 bits per heavy atom. The van der Waals surface area contributed by atoms with Crippen LogP contribution in [-0.4, -0.2) is 27.1 Å². The number of hydrogen-bond donors (Lipinski definition) is 2. The van der Waals surface area contributed by atoms with Gasteiger partial charge in [-0.2, -0.15) is 4.98 Å². The number of methoxy groups -OCH3 is 1. The van der Waals surface area contributed by atoms with Crippen LogP contribution in [0.4, 0.5) is 5.69 Å². The van der Waals surface area contributed by atoms with Crippen molar-refractivity contribution in [3.63, 3.8) is 0 Å². The Labute approximate surface area is 198 Å². The molecule has 0 saturated carbocycles. The van der Waals surface area contributed by atoms with Gasteiger partial charge in [0.1, 0.15) is 12.4 Å². The molecule has 0 aliphatic heterocycles. The van der Waals surface area contributed by atoms with Gasteiger partial charge in [0.05, 0.1) is 12.0 Å². The number of aromatic nitrogens is 2. The average molecular weight is 600 g/mol. The molecule has 31 heavy (non-hydrogen) atoms. The Bertz CT molecular complexity index is 1210. The summed E-state index contributed by atoms with van der Waals surface area (Å²) >= 11 is 5.69. The van der Waals surface area contributed by atoms with Gasteiger partial charge in [-0.25, -0.2) is 0 Å². The highest BCUT2D eigenvalue weighted by Crippen LogP contribution is 2.35. The SMILES string of the molecule is COc1cc(/C=C/c2nc(O)c([N+](=O)[O-])c(=O)[nH]2)c(Br)cc1OCc1ccc(I)cc1. The first-order valence-electron chi connectivity index (χ1n) is 8.69. The second-order valence-electron chi connectivity index (χ2n) is 6.15. The molecule has 0 aliphatic rings. The van der Waals surface area contributed by atoms with Gasteiger partial charge in [0.15, 0.2) is 11.5 Å². The van der Waals surface area contributed by atoms with E-state index in [9.17, 15) is 20.0 Å². The monoisotopic (exact) mass is 599 g/mol. The smallest absolute Gasteiger partial charge is 0.395 e. The van der Waals surface area contributed by atoms with Crippen molar-refractivity contribution < 1.29 is 19.5 Å². The third kappa shape index (κ3) is 5.61. The highest BCUT2D eigenvalue weighted by atomic mass is 127. The summed E-state index contributed by atoms with van der Waals surface area (Å²) < 4.78 is 13.1. The van der Waals surface area contributed by atoms with Crippen molar-refractivity contribution in [3.05, 3.63) is 81.9 Å². The molecule has 2 N–H and O–H groups in total. The van der Waals surface area contributed by atoms with Gasteiger partial charge >= 0.3 is 11.2 Å². The molecule has 11 heteroatoms. The fourth-order valence-corrected chi connectivity index (χ4v) is 3.39. The van der Waals surface area contributed by atoms with Crippen LogP contribution in [0.15, 0.2) is 45.7 Å². The van der Waals surface area contributed by atoms with Gasteiger partial charge in [0.25, 0.3) is 5.88 Å². The van der Waals surface area contributed by atoms with Crippen molar-refractivity contribution in [1.29, 1.82) is 0 Å². The highest BCUT2D eigenvalue weighted by Gasteiger charge is 2.21. The Balaban J connectivity index is 1.83.